The van der Waals surface area contributed by atoms with Gasteiger partial charge in [-0.05, 0) is 31.5 Å². The second-order valence-electron chi connectivity index (χ2n) is 3.42. The van der Waals surface area contributed by atoms with Crippen LogP contribution in [0, 0.1) is 0 Å². The van der Waals surface area contributed by atoms with E-state index in [1.54, 1.807) is 0 Å². The minimum absolute atomic E-state index is 0. The van der Waals surface area contributed by atoms with Crippen molar-refractivity contribution in [1.82, 2.24) is 5.32 Å². The van der Waals surface area contributed by atoms with Crippen LogP contribution in [-0.2, 0) is 0 Å². The summed E-state index contributed by atoms with van der Waals surface area (Å²) in [6.45, 7) is 1.94. The molecule has 0 aromatic heterocycles. The summed E-state index contributed by atoms with van der Waals surface area (Å²) >= 11 is 0. The normalized spacial score (nSPS) is 20.1. The number of rotatable bonds is 3. The topological polar surface area (TPSA) is 21.3 Å². The molecular weight excluding hydrogens is 198 g/mol. The maximum atomic E-state index is 5.63. The lowest BCUT2D eigenvalue weighted by atomic mass is 10.2. The van der Waals surface area contributed by atoms with E-state index in [1.807, 2.05) is 30.3 Å². The first-order valence-electron chi connectivity index (χ1n) is 4.86. The van der Waals surface area contributed by atoms with Gasteiger partial charge in [-0.2, -0.15) is 0 Å². The fraction of sp³-hybridized carbons (Fsp3) is 0.455. The zero-order valence-electron chi connectivity index (χ0n) is 8.11. The van der Waals surface area contributed by atoms with Gasteiger partial charge in [-0.15, -0.1) is 12.4 Å². The van der Waals surface area contributed by atoms with E-state index < -0.39 is 0 Å². The minimum Gasteiger partial charge on any atom is -0.492 e. The van der Waals surface area contributed by atoms with Crippen LogP contribution in [0.1, 0.15) is 12.8 Å². The van der Waals surface area contributed by atoms with Crippen molar-refractivity contribution in [2.45, 2.75) is 18.9 Å². The van der Waals surface area contributed by atoms with Crippen molar-refractivity contribution in [2.75, 3.05) is 13.2 Å². The Morgan fingerprint density at radius 1 is 1.29 bits per heavy atom. The average Bonchev–Trinajstić information content (AvgIpc) is 2.69. The van der Waals surface area contributed by atoms with Gasteiger partial charge in [0.1, 0.15) is 12.4 Å². The van der Waals surface area contributed by atoms with Crippen molar-refractivity contribution >= 4 is 12.4 Å². The second-order valence-corrected chi connectivity index (χ2v) is 3.42. The van der Waals surface area contributed by atoms with Crippen LogP contribution in [0.15, 0.2) is 30.3 Å². The molecule has 0 saturated carbocycles. The maximum absolute atomic E-state index is 5.63. The molecule has 1 fully saturated rings. The molecule has 2 rings (SSSR count). The highest BCUT2D eigenvalue weighted by Crippen LogP contribution is 2.11. The summed E-state index contributed by atoms with van der Waals surface area (Å²) in [6, 6.07) is 10.5. The average molecular weight is 214 g/mol. The number of benzene rings is 1. The van der Waals surface area contributed by atoms with Crippen LogP contribution in [-0.4, -0.2) is 19.2 Å². The highest BCUT2D eigenvalue weighted by molar-refractivity contribution is 5.85. The van der Waals surface area contributed by atoms with E-state index in [1.165, 1.54) is 12.8 Å². The molecule has 2 nitrogen and oxygen atoms in total. The van der Waals surface area contributed by atoms with E-state index in [4.69, 9.17) is 4.74 Å². The lowest BCUT2D eigenvalue weighted by molar-refractivity contribution is 0.277. The standard InChI is InChI=1S/C11H15NO.ClH/c1-2-6-11(7-3-1)13-9-10-5-4-8-12-10;/h1-3,6-7,10,12H,4-5,8-9H2;1H. The molecule has 1 aromatic rings. The Labute approximate surface area is 91.1 Å². The van der Waals surface area contributed by atoms with Crippen molar-refractivity contribution in [3.8, 4) is 5.75 Å². The monoisotopic (exact) mass is 213 g/mol. The van der Waals surface area contributed by atoms with Crippen molar-refractivity contribution in [1.29, 1.82) is 0 Å². The summed E-state index contributed by atoms with van der Waals surface area (Å²) in [5.41, 5.74) is 0. The number of para-hydroxylation sites is 1. The van der Waals surface area contributed by atoms with Crippen molar-refractivity contribution in [3.05, 3.63) is 30.3 Å². The Balaban J connectivity index is 0.000000980. The van der Waals surface area contributed by atoms with Gasteiger partial charge in [0.2, 0.25) is 0 Å². The molecule has 0 amide bonds. The molecule has 1 heterocycles. The van der Waals surface area contributed by atoms with Gasteiger partial charge in [-0.3, -0.25) is 0 Å². The van der Waals surface area contributed by atoms with Crippen molar-refractivity contribution in [3.63, 3.8) is 0 Å². The third kappa shape index (κ3) is 3.20. The SMILES string of the molecule is Cl.c1ccc(OCC2CCCN2)cc1. The molecule has 1 aromatic carbocycles. The molecular formula is C11H16ClNO. The van der Waals surface area contributed by atoms with Crippen LogP contribution >= 0.6 is 12.4 Å². The first-order valence-corrected chi connectivity index (χ1v) is 4.86. The predicted octanol–water partition coefficient (Wildman–Crippen LogP) is 2.24. The maximum Gasteiger partial charge on any atom is 0.119 e. The molecule has 1 saturated heterocycles. The van der Waals surface area contributed by atoms with Gasteiger partial charge in [-0.25, -0.2) is 0 Å². The Kier molecular flexibility index (Phi) is 4.77. The Morgan fingerprint density at radius 3 is 2.71 bits per heavy atom. The molecule has 14 heavy (non-hydrogen) atoms. The predicted molar refractivity (Wildman–Crippen MR) is 60.2 cm³/mol. The zero-order valence-corrected chi connectivity index (χ0v) is 8.93. The number of nitrogens with one attached hydrogen (secondary N) is 1. The first kappa shape index (κ1) is 11.3. The molecule has 1 N–H and O–H groups in total. The van der Waals surface area contributed by atoms with Gasteiger partial charge in [-0.1, -0.05) is 18.2 Å². The smallest absolute Gasteiger partial charge is 0.119 e. The van der Waals surface area contributed by atoms with E-state index in [9.17, 15) is 0 Å². The van der Waals surface area contributed by atoms with Crippen LogP contribution in [0.25, 0.3) is 0 Å². The Hall–Kier alpha value is -0.730. The van der Waals surface area contributed by atoms with Crippen molar-refractivity contribution < 1.29 is 4.74 Å². The lowest BCUT2D eigenvalue weighted by Gasteiger charge is -2.11. The number of hydrogen-bond donors (Lipinski definition) is 1. The molecule has 1 unspecified atom stereocenters. The van der Waals surface area contributed by atoms with Gasteiger partial charge < -0.3 is 10.1 Å². The molecule has 78 valence electrons. The number of halogens is 1. The van der Waals surface area contributed by atoms with Gasteiger partial charge in [0.15, 0.2) is 0 Å². The molecule has 0 spiro atoms. The summed E-state index contributed by atoms with van der Waals surface area (Å²) in [6.07, 6.45) is 2.52. The van der Waals surface area contributed by atoms with Crippen LogP contribution in [0.4, 0.5) is 0 Å². The first-order chi connectivity index (χ1) is 6.45. The minimum atomic E-state index is 0. The number of ether oxygens (including phenoxy) is 1. The van der Waals surface area contributed by atoms with Crippen LogP contribution in [0.2, 0.25) is 0 Å². The van der Waals surface area contributed by atoms with Gasteiger partial charge in [0.25, 0.3) is 0 Å². The summed E-state index contributed by atoms with van der Waals surface area (Å²) in [7, 11) is 0. The molecule has 0 aliphatic carbocycles. The van der Waals surface area contributed by atoms with Crippen LogP contribution in [0.3, 0.4) is 0 Å². The van der Waals surface area contributed by atoms with Crippen molar-refractivity contribution in [2.24, 2.45) is 0 Å². The van der Waals surface area contributed by atoms with E-state index in [2.05, 4.69) is 5.32 Å². The third-order valence-corrected chi connectivity index (χ3v) is 2.36. The largest absolute Gasteiger partial charge is 0.492 e. The second kappa shape index (κ2) is 5.89. The summed E-state index contributed by atoms with van der Waals surface area (Å²) in [4.78, 5) is 0. The quantitative estimate of drug-likeness (QED) is 0.832. The summed E-state index contributed by atoms with van der Waals surface area (Å²) < 4.78 is 5.63. The summed E-state index contributed by atoms with van der Waals surface area (Å²) in [5, 5.41) is 3.40. The third-order valence-electron chi connectivity index (χ3n) is 2.36. The lowest BCUT2D eigenvalue weighted by Crippen LogP contribution is -2.28. The van der Waals surface area contributed by atoms with E-state index >= 15 is 0 Å². The molecule has 1 aliphatic heterocycles. The van der Waals surface area contributed by atoms with Crippen LogP contribution in [0.5, 0.6) is 5.75 Å². The van der Waals surface area contributed by atoms with Gasteiger partial charge in [0.05, 0.1) is 0 Å². The molecule has 0 bridgehead atoms. The van der Waals surface area contributed by atoms with Crippen LogP contribution < -0.4 is 10.1 Å². The Bertz CT molecular complexity index is 247. The fourth-order valence-corrected chi connectivity index (χ4v) is 1.61. The summed E-state index contributed by atoms with van der Waals surface area (Å²) in [5.74, 6) is 0.969. The highest BCUT2D eigenvalue weighted by Gasteiger charge is 2.13. The van der Waals surface area contributed by atoms with Gasteiger partial charge in [0, 0.05) is 6.04 Å². The molecule has 1 aliphatic rings. The number of hydrogen-bond acceptors (Lipinski definition) is 2. The van der Waals surface area contributed by atoms with E-state index in [0.717, 1.165) is 18.9 Å². The zero-order chi connectivity index (χ0) is 8.93. The molecule has 0 radical (unpaired) electrons. The van der Waals surface area contributed by atoms with E-state index in [-0.39, 0.29) is 12.4 Å². The molecule has 1 atom stereocenters. The van der Waals surface area contributed by atoms with E-state index in [0.29, 0.717) is 6.04 Å². The Morgan fingerprint density at radius 2 is 2.07 bits per heavy atom. The highest BCUT2D eigenvalue weighted by atomic mass is 35.5. The fourth-order valence-electron chi connectivity index (χ4n) is 1.61. The van der Waals surface area contributed by atoms with Gasteiger partial charge >= 0.3 is 0 Å². The molecule has 3 heteroatoms.